The lowest BCUT2D eigenvalue weighted by molar-refractivity contribution is 0.321. The summed E-state index contributed by atoms with van der Waals surface area (Å²) < 4.78 is 17.9. The van der Waals surface area contributed by atoms with Gasteiger partial charge in [-0.25, -0.2) is 4.39 Å². The first-order chi connectivity index (χ1) is 5.77. The predicted octanol–water partition coefficient (Wildman–Crippen LogP) is 2.10. The summed E-state index contributed by atoms with van der Waals surface area (Å²) in [6, 6.07) is 5.98. The highest BCUT2D eigenvalue weighted by atomic mass is 19.1. The molecule has 1 rings (SSSR count). The van der Waals surface area contributed by atoms with Gasteiger partial charge >= 0.3 is 0 Å². The summed E-state index contributed by atoms with van der Waals surface area (Å²) in [6.45, 7) is 2.19. The van der Waals surface area contributed by atoms with Crippen LogP contribution in [-0.2, 0) is 0 Å². The molecule has 1 aromatic rings. The van der Waals surface area contributed by atoms with Crippen molar-refractivity contribution in [3.63, 3.8) is 0 Å². The number of rotatable bonds is 2. The third kappa shape index (κ3) is 1.73. The van der Waals surface area contributed by atoms with Gasteiger partial charge in [0.05, 0.1) is 18.2 Å². The molecule has 0 aliphatic heterocycles. The molecule has 0 spiro atoms. The lowest BCUT2D eigenvalue weighted by atomic mass is 10.2. The van der Waals surface area contributed by atoms with Crippen LogP contribution >= 0.6 is 0 Å². The standard InChI is InChI=1S/C9H8FNO/c1-2-12-9-4-3-7(6-11)5-8(9)10/h3-5H,2H2,1H3. The van der Waals surface area contributed by atoms with E-state index in [0.29, 0.717) is 12.2 Å². The zero-order valence-electron chi connectivity index (χ0n) is 6.67. The maximum atomic E-state index is 12.9. The Bertz CT molecular complexity index is 317. The number of nitriles is 1. The van der Waals surface area contributed by atoms with Crippen LogP contribution in [0.3, 0.4) is 0 Å². The van der Waals surface area contributed by atoms with Gasteiger partial charge < -0.3 is 4.74 Å². The minimum Gasteiger partial charge on any atom is -0.491 e. The van der Waals surface area contributed by atoms with Crippen LogP contribution in [-0.4, -0.2) is 6.61 Å². The minimum absolute atomic E-state index is 0.191. The predicted molar refractivity (Wildman–Crippen MR) is 42.3 cm³/mol. The van der Waals surface area contributed by atoms with E-state index in [1.54, 1.807) is 6.92 Å². The van der Waals surface area contributed by atoms with Gasteiger partial charge in [-0.05, 0) is 25.1 Å². The Balaban J connectivity index is 2.97. The molecule has 0 N–H and O–H groups in total. The Morgan fingerprint density at radius 2 is 2.33 bits per heavy atom. The fourth-order valence-electron chi connectivity index (χ4n) is 0.843. The van der Waals surface area contributed by atoms with Crippen molar-refractivity contribution in [1.29, 1.82) is 5.26 Å². The first kappa shape index (κ1) is 8.54. The van der Waals surface area contributed by atoms with Gasteiger partial charge in [-0.3, -0.25) is 0 Å². The Kier molecular flexibility index (Phi) is 2.65. The summed E-state index contributed by atoms with van der Waals surface area (Å²) in [4.78, 5) is 0. The van der Waals surface area contributed by atoms with E-state index in [-0.39, 0.29) is 5.75 Å². The molecule has 3 heteroatoms. The van der Waals surface area contributed by atoms with Crippen molar-refractivity contribution in [3.05, 3.63) is 29.6 Å². The second-order valence-corrected chi connectivity index (χ2v) is 2.19. The molecule has 0 atom stereocenters. The van der Waals surface area contributed by atoms with E-state index in [9.17, 15) is 4.39 Å². The van der Waals surface area contributed by atoms with Crippen LogP contribution in [0.25, 0.3) is 0 Å². The van der Waals surface area contributed by atoms with Gasteiger partial charge in [0.15, 0.2) is 11.6 Å². The second-order valence-electron chi connectivity index (χ2n) is 2.19. The van der Waals surface area contributed by atoms with Gasteiger partial charge in [0.2, 0.25) is 0 Å². The quantitative estimate of drug-likeness (QED) is 0.672. The molecule has 0 radical (unpaired) electrons. The summed E-state index contributed by atoms with van der Waals surface area (Å²) >= 11 is 0. The van der Waals surface area contributed by atoms with E-state index in [2.05, 4.69) is 0 Å². The summed E-state index contributed by atoms with van der Waals surface area (Å²) in [5, 5.41) is 8.43. The summed E-state index contributed by atoms with van der Waals surface area (Å²) in [5.41, 5.74) is 0.302. The van der Waals surface area contributed by atoms with Crippen molar-refractivity contribution in [1.82, 2.24) is 0 Å². The molecule has 0 bridgehead atoms. The first-order valence-electron chi connectivity index (χ1n) is 3.60. The third-order valence-corrected chi connectivity index (χ3v) is 1.36. The van der Waals surface area contributed by atoms with E-state index in [1.807, 2.05) is 6.07 Å². The van der Waals surface area contributed by atoms with Gasteiger partial charge in [-0.1, -0.05) is 0 Å². The average molecular weight is 165 g/mol. The molecule has 0 unspecified atom stereocenters. The topological polar surface area (TPSA) is 33.0 Å². The van der Waals surface area contributed by atoms with Crippen LogP contribution in [0.15, 0.2) is 18.2 Å². The smallest absolute Gasteiger partial charge is 0.166 e. The second kappa shape index (κ2) is 3.72. The molecule has 62 valence electrons. The van der Waals surface area contributed by atoms with Crippen molar-refractivity contribution in [2.45, 2.75) is 6.92 Å². The van der Waals surface area contributed by atoms with Crippen LogP contribution in [0.2, 0.25) is 0 Å². The zero-order chi connectivity index (χ0) is 8.97. The summed E-state index contributed by atoms with van der Waals surface area (Å²) in [6.07, 6.45) is 0. The average Bonchev–Trinajstić information content (AvgIpc) is 2.09. The van der Waals surface area contributed by atoms with Crippen LogP contribution in [0.1, 0.15) is 12.5 Å². The van der Waals surface area contributed by atoms with Crippen LogP contribution in [0.5, 0.6) is 5.75 Å². The number of halogens is 1. The highest BCUT2D eigenvalue weighted by Gasteiger charge is 2.02. The molecule has 1 aromatic carbocycles. The molecule has 0 aliphatic rings. The molecule has 0 aromatic heterocycles. The lowest BCUT2D eigenvalue weighted by Crippen LogP contribution is -1.94. The largest absolute Gasteiger partial charge is 0.491 e. The highest BCUT2D eigenvalue weighted by molar-refractivity contribution is 5.35. The van der Waals surface area contributed by atoms with Crippen LogP contribution in [0, 0.1) is 17.1 Å². The highest BCUT2D eigenvalue weighted by Crippen LogP contribution is 2.17. The van der Waals surface area contributed by atoms with Crippen molar-refractivity contribution in [2.75, 3.05) is 6.61 Å². The van der Waals surface area contributed by atoms with E-state index < -0.39 is 5.82 Å². The van der Waals surface area contributed by atoms with E-state index in [1.165, 1.54) is 12.1 Å². The lowest BCUT2D eigenvalue weighted by Gasteiger charge is -2.02. The van der Waals surface area contributed by atoms with Gasteiger partial charge in [0.1, 0.15) is 0 Å². The molecular formula is C9H8FNO. The molecule has 0 amide bonds. The molecule has 2 nitrogen and oxygen atoms in total. The fourth-order valence-corrected chi connectivity index (χ4v) is 0.843. The maximum absolute atomic E-state index is 12.9. The number of benzene rings is 1. The van der Waals surface area contributed by atoms with Crippen LogP contribution < -0.4 is 4.74 Å². The number of nitrogens with zero attached hydrogens (tertiary/aromatic N) is 1. The van der Waals surface area contributed by atoms with Gasteiger partial charge in [0.25, 0.3) is 0 Å². The maximum Gasteiger partial charge on any atom is 0.166 e. The minimum atomic E-state index is -0.490. The molecule has 0 saturated carbocycles. The number of hydrogen-bond acceptors (Lipinski definition) is 2. The zero-order valence-corrected chi connectivity index (χ0v) is 6.67. The molecule has 0 aliphatic carbocycles. The van der Waals surface area contributed by atoms with Crippen molar-refractivity contribution >= 4 is 0 Å². The summed E-state index contributed by atoms with van der Waals surface area (Å²) in [5.74, 6) is -0.299. The first-order valence-corrected chi connectivity index (χ1v) is 3.60. The number of hydrogen-bond donors (Lipinski definition) is 0. The molecular weight excluding hydrogens is 157 g/mol. The monoisotopic (exact) mass is 165 g/mol. The normalized spacial score (nSPS) is 9.08. The van der Waals surface area contributed by atoms with Crippen molar-refractivity contribution in [2.24, 2.45) is 0 Å². The van der Waals surface area contributed by atoms with E-state index in [0.717, 1.165) is 6.07 Å². The van der Waals surface area contributed by atoms with Crippen molar-refractivity contribution < 1.29 is 9.13 Å². The Labute approximate surface area is 70.2 Å². The third-order valence-electron chi connectivity index (χ3n) is 1.36. The van der Waals surface area contributed by atoms with Crippen LogP contribution in [0.4, 0.5) is 4.39 Å². The molecule has 0 saturated heterocycles. The Hall–Kier alpha value is -1.56. The van der Waals surface area contributed by atoms with Gasteiger partial charge in [0, 0.05) is 0 Å². The molecule has 0 fully saturated rings. The Morgan fingerprint density at radius 1 is 1.58 bits per heavy atom. The van der Waals surface area contributed by atoms with E-state index in [4.69, 9.17) is 10.00 Å². The SMILES string of the molecule is CCOc1ccc(C#N)cc1F. The fraction of sp³-hybridized carbons (Fsp3) is 0.222. The summed E-state index contributed by atoms with van der Waals surface area (Å²) in [7, 11) is 0. The Morgan fingerprint density at radius 3 is 2.83 bits per heavy atom. The van der Waals surface area contributed by atoms with E-state index >= 15 is 0 Å². The van der Waals surface area contributed by atoms with Gasteiger partial charge in [-0.15, -0.1) is 0 Å². The van der Waals surface area contributed by atoms with Gasteiger partial charge in [-0.2, -0.15) is 5.26 Å². The molecule has 0 heterocycles. The number of ether oxygens (including phenoxy) is 1. The molecule has 12 heavy (non-hydrogen) atoms. The van der Waals surface area contributed by atoms with Crippen molar-refractivity contribution in [3.8, 4) is 11.8 Å².